The Balaban J connectivity index is 1.41. The first-order valence-electron chi connectivity index (χ1n) is 9.88. The standard InChI is InChI=1S/C21H26N4O4/c1-27-18-8-14-5-6-25(13-15(14)9-19(18)28-2)20-12-22-17(11-23-20)21(26)24-10-16-4-3-7-29-16/h8-9,11-12,16H,3-7,10,13H2,1-2H3,(H,24,26). The smallest absolute Gasteiger partial charge is 0.271 e. The summed E-state index contributed by atoms with van der Waals surface area (Å²) in [6.45, 7) is 2.81. The van der Waals surface area contributed by atoms with Gasteiger partial charge in [0.15, 0.2) is 11.5 Å². The van der Waals surface area contributed by atoms with E-state index in [0.717, 1.165) is 49.7 Å². The van der Waals surface area contributed by atoms with E-state index in [0.29, 0.717) is 18.8 Å². The highest BCUT2D eigenvalue weighted by Gasteiger charge is 2.21. The SMILES string of the molecule is COc1cc2c(cc1OC)CN(c1cnc(C(=O)NCC3CCCO3)cn1)CC2. The van der Waals surface area contributed by atoms with E-state index in [2.05, 4.69) is 20.2 Å². The van der Waals surface area contributed by atoms with Gasteiger partial charge in [-0.05, 0) is 42.5 Å². The van der Waals surface area contributed by atoms with E-state index in [1.807, 2.05) is 12.1 Å². The fourth-order valence-corrected chi connectivity index (χ4v) is 3.78. The molecule has 1 fully saturated rings. The maximum atomic E-state index is 12.3. The van der Waals surface area contributed by atoms with Crippen molar-refractivity contribution in [3.05, 3.63) is 41.3 Å². The number of ether oxygens (including phenoxy) is 3. The Morgan fingerprint density at radius 3 is 2.66 bits per heavy atom. The zero-order chi connectivity index (χ0) is 20.2. The number of nitrogens with one attached hydrogen (secondary N) is 1. The van der Waals surface area contributed by atoms with Gasteiger partial charge in [-0.3, -0.25) is 4.79 Å². The van der Waals surface area contributed by atoms with Crippen molar-refractivity contribution in [1.29, 1.82) is 0 Å². The van der Waals surface area contributed by atoms with Crippen LogP contribution < -0.4 is 19.7 Å². The van der Waals surface area contributed by atoms with Crippen LogP contribution in [0.3, 0.4) is 0 Å². The van der Waals surface area contributed by atoms with Gasteiger partial charge in [-0.25, -0.2) is 9.97 Å². The largest absolute Gasteiger partial charge is 0.493 e. The minimum atomic E-state index is -0.222. The predicted molar refractivity (Wildman–Crippen MR) is 108 cm³/mol. The molecule has 0 spiro atoms. The van der Waals surface area contributed by atoms with E-state index >= 15 is 0 Å². The van der Waals surface area contributed by atoms with Crippen molar-refractivity contribution in [3.63, 3.8) is 0 Å². The van der Waals surface area contributed by atoms with Gasteiger partial charge in [0.05, 0.1) is 32.7 Å². The third-order valence-electron chi connectivity index (χ3n) is 5.43. The number of hydrogen-bond donors (Lipinski definition) is 1. The van der Waals surface area contributed by atoms with Gasteiger partial charge < -0.3 is 24.4 Å². The zero-order valence-electron chi connectivity index (χ0n) is 16.8. The number of nitrogens with zero attached hydrogens (tertiary/aromatic N) is 3. The van der Waals surface area contributed by atoms with Gasteiger partial charge in [0, 0.05) is 26.2 Å². The molecule has 0 aliphatic carbocycles. The average Bonchev–Trinajstić information content (AvgIpc) is 3.30. The summed E-state index contributed by atoms with van der Waals surface area (Å²) in [5, 5.41) is 2.87. The number of hydrogen-bond acceptors (Lipinski definition) is 7. The number of fused-ring (bicyclic) bond motifs is 1. The Hall–Kier alpha value is -2.87. The van der Waals surface area contributed by atoms with Crippen LogP contribution in [0.4, 0.5) is 5.82 Å². The number of amides is 1. The molecular formula is C21H26N4O4. The molecule has 0 bridgehead atoms. The highest BCUT2D eigenvalue weighted by atomic mass is 16.5. The highest BCUT2D eigenvalue weighted by Crippen LogP contribution is 2.34. The Bertz CT molecular complexity index is 866. The number of aromatic nitrogens is 2. The van der Waals surface area contributed by atoms with Crippen molar-refractivity contribution in [3.8, 4) is 11.5 Å². The first-order valence-corrected chi connectivity index (χ1v) is 9.88. The minimum Gasteiger partial charge on any atom is -0.493 e. The zero-order valence-corrected chi connectivity index (χ0v) is 16.8. The molecule has 2 aromatic rings. The van der Waals surface area contributed by atoms with E-state index < -0.39 is 0 Å². The fraction of sp³-hybridized carbons (Fsp3) is 0.476. The summed E-state index contributed by atoms with van der Waals surface area (Å²) in [6, 6.07) is 4.05. The molecule has 3 heterocycles. The van der Waals surface area contributed by atoms with E-state index in [1.54, 1.807) is 20.4 Å². The molecule has 8 heteroatoms. The van der Waals surface area contributed by atoms with Gasteiger partial charge in [0.2, 0.25) is 0 Å². The van der Waals surface area contributed by atoms with Crippen LogP contribution in [0.1, 0.15) is 34.5 Å². The van der Waals surface area contributed by atoms with Crippen LogP contribution in [0.15, 0.2) is 24.5 Å². The number of benzene rings is 1. The first-order chi connectivity index (χ1) is 14.2. The molecule has 29 heavy (non-hydrogen) atoms. The summed E-state index contributed by atoms with van der Waals surface area (Å²) in [4.78, 5) is 23.2. The Kier molecular flexibility index (Phi) is 5.80. The quantitative estimate of drug-likeness (QED) is 0.796. The van der Waals surface area contributed by atoms with Crippen LogP contribution in [0, 0.1) is 0 Å². The van der Waals surface area contributed by atoms with Crippen LogP contribution >= 0.6 is 0 Å². The highest BCUT2D eigenvalue weighted by molar-refractivity contribution is 5.92. The van der Waals surface area contributed by atoms with E-state index in [9.17, 15) is 4.79 Å². The summed E-state index contributed by atoms with van der Waals surface area (Å²) in [5.41, 5.74) is 2.74. The van der Waals surface area contributed by atoms with Gasteiger partial charge in [-0.15, -0.1) is 0 Å². The third-order valence-corrected chi connectivity index (χ3v) is 5.43. The van der Waals surface area contributed by atoms with Crippen LogP contribution in [0.2, 0.25) is 0 Å². The molecular weight excluding hydrogens is 372 g/mol. The Morgan fingerprint density at radius 2 is 2.00 bits per heavy atom. The Morgan fingerprint density at radius 1 is 1.21 bits per heavy atom. The second-order valence-corrected chi connectivity index (χ2v) is 7.25. The third kappa shape index (κ3) is 4.27. The van der Waals surface area contributed by atoms with Crippen molar-refractivity contribution in [2.45, 2.75) is 31.9 Å². The monoisotopic (exact) mass is 398 g/mol. The Labute approximate surface area is 170 Å². The average molecular weight is 398 g/mol. The maximum absolute atomic E-state index is 12.3. The van der Waals surface area contributed by atoms with Gasteiger partial charge in [-0.2, -0.15) is 0 Å². The molecule has 8 nitrogen and oxygen atoms in total. The minimum absolute atomic E-state index is 0.107. The molecule has 1 atom stereocenters. The number of carbonyl (C=O) groups is 1. The predicted octanol–water partition coefficient (Wildman–Crippen LogP) is 1.97. The van der Waals surface area contributed by atoms with Crippen molar-refractivity contribution >= 4 is 11.7 Å². The second kappa shape index (κ2) is 8.65. The van der Waals surface area contributed by atoms with Crippen molar-refractivity contribution in [2.24, 2.45) is 0 Å². The summed E-state index contributed by atoms with van der Waals surface area (Å²) >= 11 is 0. The molecule has 1 aromatic heterocycles. The summed E-state index contributed by atoms with van der Waals surface area (Å²) in [6.07, 6.45) is 6.21. The van der Waals surface area contributed by atoms with Crippen molar-refractivity contribution in [1.82, 2.24) is 15.3 Å². The van der Waals surface area contributed by atoms with E-state index in [4.69, 9.17) is 14.2 Å². The molecule has 4 rings (SSSR count). The maximum Gasteiger partial charge on any atom is 0.271 e. The summed E-state index contributed by atoms with van der Waals surface area (Å²) in [5.74, 6) is 2.00. The second-order valence-electron chi connectivity index (χ2n) is 7.25. The summed E-state index contributed by atoms with van der Waals surface area (Å²) < 4.78 is 16.3. The molecule has 154 valence electrons. The lowest BCUT2D eigenvalue weighted by Gasteiger charge is -2.30. The molecule has 2 aliphatic rings. The van der Waals surface area contributed by atoms with Gasteiger partial charge >= 0.3 is 0 Å². The molecule has 0 saturated carbocycles. The lowest BCUT2D eigenvalue weighted by molar-refractivity contribution is 0.0853. The summed E-state index contributed by atoms with van der Waals surface area (Å²) in [7, 11) is 3.28. The number of rotatable bonds is 6. The number of anilines is 1. The van der Waals surface area contributed by atoms with Crippen LogP contribution in [0.25, 0.3) is 0 Å². The molecule has 1 unspecified atom stereocenters. The van der Waals surface area contributed by atoms with Crippen LogP contribution in [0.5, 0.6) is 11.5 Å². The normalized spacial score (nSPS) is 18.3. The van der Waals surface area contributed by atoms with Gasteiger partial charge in [0.25, 0.3) is 5.91 Å². The van der Waals surface area contributed by atoms with Crippen molar-refractivity contribution < 1.29 is 19.0 Å². The lowest BCUT2D eigenvalue weighted by atomic mass is 9.99. The fourth-order valence-electron chi connectivity index (χ4n) is 3.78. The molecule has 0 radical (unpaired) electrons. The molecule has 2 aliphatic heterocycles. The number of methoxy groups -OCH3 is 2. The number of carbonyl (C=O) groups excluding carboxylic acids is 1. The first kappa shape index (κ1) is 19.4. The van der Waals surface area contributed by atoms with Gasteiger partial charge in [-0.1, -0.05) is 0 Å². The van der Waals surface area contributed by atoms with Crippen LogP contribution in [-0.4, -0.2) is 55.9 Å². The molecule has 1 N–H and O–H groups in total. The topological polar surface area (TPSA) is 85.8 Å². The van der Waals surface area contributed by atoms with Gasteiger partial charge in [0.1, 0.15) is 11.5 Å². The van der Waals surface area contributed by atoms with E-state index in [-0.39, 0.29) is 12.0 Å². The molecule has 1 saturated heterocycles. The lowest BCUT2D eigenvalue weighted by Crippen LogP contribution is -2.33. The van der Waals surface area contributed by atoms with E-state index in [1.165, 1.54) is 17.3 Å². The van der Waals surface area contributed by atoms with Crippen LogP contribution in [-0.2, 0) is 17.7 Å². The molecule has 1 aromatic carbocycles. The van der Waals surface area contributed by atoms with Crippen molar-refractivity contribution in [2.75, 3.05) is 38.8 Å². The molecule has 1 amide bonds.